The van der Waals surface area contributed by atoms with Gasteiger partial charge in [0.15, 0.2) is 0 Å². The monoisotopic (exact) mass is 533 g/mol. The van der Waals surface area contributed by atoms with E-state index in [1.165, 1.54) is 12.0 Å². The number of carbonyl (C=O) groups is 2. The molecule has 1 aliphatic heterocycles. The highest BCUT2D eigenvalue weighted by molar-refractivity contribution is 5.97. The first kappa shape index (κ1) is 27.8. The molecule has 0 unspecified atom stereocenters. The van der Waals surface area contributed by atoms with Gasteiger partial charge in [0.2, 0.25) is 0 Å². The Morgan fingerprint density at radius 2 is 1.62 bits per heavy atom. The van der Waals surface area contributed by atoms with E-state index >= 15 is 0 Å². The van der Waals surface area contributed by atoms with E-state index in [1.54, 1.807) is 49.5 Å². The van der Waals surface area contributed by atoms with Gasteiger partial charge in [-0.1, -0.05) is 42.5 Å². The molecule has 0 spiro atoms. The summed E-state index contributed by atoms with van der Waals surface area (Å²) in [5.74, 6) is 1.42. The fourth-order valence-corrected chi connectivity index (χ4v) is 4.97. The molecule has 1 fully saturated rings. The van der Waals surface area contributed by atoms with Crippen LogP contribution in [0.3, 0.4) is 0 Å². The Hall–Kier alpha value is -4.24. The second-order valence-electron chi connectivity index (χ2n) is 9.41. The van der Waals surface area contributed by atoms with Crippen LogP contribution in [0, 0.1) is 0 Å². The molecule has 3 aromatic carbocycles. The van der Waals surface area contributed by atoms with Crippen LogP contribution in [0.25, 0.3) is 0 Å². The SMILES string of the molecule is COc1ccc(CN(C[C@@H]2CN(Cc3ccccc3)CCN2C(=O)O)C(=O)c2ccccc2OC)c(OC)c1. The van der Waals surface area contributed by atoms with Crippen LogP contribution in [0.15, 0.2) is 72.8 Å². The number of carbonyl (C=O) groups excluding carboxylic acids is 1. The third-order valence-corrected chi connectivity index (χ3v) is 6.97. The number of methoxy groups -OCH3 is 3. The number of para-hydroxylation sites is 1. The Balaban J connectivity index is 1.65. The molecule has 0 radical (unpaired) electrons. The summed E-state index contributed by atoms with van der Waals surface area (Å²) in [5, 5.41) is 10.0. The number of ether oxygens (including phenoxy) is 3. The minimum atomic E-state index is -0.994. The van der Waals surface area contributed by atoms with Crippen molar-refractivity contribution in [3.8, 4) is 17.2 Å². The van der Waals surface area contributed by atoms with Crippen molar-refractivity contribution >= 4 is 12.0 Å². The van der Waals surface area contributed by atoms with Crippen molar-refractivity contribution in [2.24, 2.45) is 0 Å². The van der Waals surface area contributed by atoms with Gasteiger partial charge >= 0.3 is 6.09 Å². The van der Waals surface area contributed by atoms with Crippen LogP contribution in [0.4, 0.5) is 4.79 Å². The van der Waals surface area contributed by atoms with Crippen molar-refractivity contribution in [3.05, 3.63) is 89.5 Å². The zero-order chi connectivity index (χ0) is 27.8. The highest BCUT2D eigenvalue weighted by Crippen LogP contribution is 2.28. The molecule has 1 saturated heterocycles. The molecular formula is C30H35N3O6. The van der Waals surface area contributed by atoms with Crippen LogP contribution in [-0.2, 0) is 13.1 Å². The fraction of sp³-hybridized carbons (Fsp3) is 0.333. The topological polar surface area (TPSA) is 91.8 Å². The number of carboxylic acid groups (broad SMARTS) is 1. The summed E-state index contributed by atoms with van der Waals surface area (Å²) < 4.78 is 16.4. The van der Waals surface area contributed by atoms with E-state index in [2.05, 4.69) is 17.0 Å². The van der Waals surface area contributed by atoms with E-state index < -0.39 is 12.1 Å². The lowest BCUT2D eigenvalue weighted by Gasteiger charge is -2.42. The van der Waals surface area contributed by atoms with E-state index in [-0.39, 0.29) is 19.0 Å². The predicted molar refractivity (Wildman–Crippen MR) is 148 cm³/mol. The van der Waals surface area contributed by atoms with Gasteiger partial charge < -0.3 is 29.1 Å². The number of hydrogen-bond acceptors (Lipinski definition) is 6. The van der Waals surface area contributed by atoms with E-state index in [4.69, 9.17) is 14.2 Å². The first-order chi connectivity index (χ1) is 18.9. The molecule has 1 atom stereocenters. The van der Waals surface area contributed by atoms with Crippen LogP contribution < -0.4 is 14.2 Å². The molecule has 0 bridgehead atoms. The minimum absolute atomic E-state index is 0.198. The normalized spacial score (nSPS) is 15.5. The third kappa shape index (κ3) is 6.80. The molecule has 0 aromatic heterocycles. The first-order valence-electron chi connectivity index (χ1n) is 12.8. The van der Waals surface area contributed by atoms with Crippen LogP contribution in [0.2, 0.25) is 0 Å². The van der Waals surface area contributed by atoms with Gasteiger partial charge in [-0.2, -0.15) is 0 Å². The summed E-state index contributed by atoms with van der Waals surface area (Å²) in [7, 11) is 4.67. The Kier molecular flexibility index (Phi) is 9.27. The molecule has 3 aromatic rings. The third-order valence-electron chi connectivity index (χ3n) is 6.97. The largest absolute Gasteiger partial charge is 0.497 e. The Morgan fingerprint density at radius 1 is 0.897 bits per heavy atom. The van der Waals surface area contributed by atoms with Crippen LogP contribution in [0.1, 0.15) is 21.5 Å². The van der Waals surface area contributed by atoms with Crippen molar-refractivity contribution in [3.63, 3.8) is 0 Å². The van der Waals surface area contributed by atoms with E-state index in [0.717, 1.165) is 11.1 Å². The second kappa shape index (κ2) is 13.0. The lowest BCUT2D eigenvalue weighted by atomic mass is 10.1. The molecule has 39 heavy (non-hydrogen) atoms. The van der Waals surface area contributed by atoms with Gasteiger partial charge in [-0.25, -0.2) is 4.79 Å². The first-order valence-corrected chi connectivity index (χ1v) is 12.8. The summed E-state index contributed by atoms with van der Waals surface area (Å²) in [5.41, 5.74) is 2.34. The average molecular weight is 534 g/mol. The molecule has 2 amide bonds. The Morgan fingerprint density at radius 3 is 2.31 bits per heavy atom. The smallest absolute Gasteiger partial charge is 0.407 e. The second-order valence-corrected chi connectivity index (χ2v) is 9.41. The molecule has 1 heterocycles. The van der Waals surface area contributed by atoms with Gasteiger partial charge in [-0.15, -0.1) is 0 Å². The summed E-state index contributed by atoms with van der Waals surface area (Å²) in [4.78, 5) is 31.6. The maximum atomic E-state index is 14.0. The van der Waals surface area contributed by atoms with E-state index in [0.29, 0.717) is 49.0 Å². The number of piperazine rings is 1. The van der Waals surface area contributed by atoms with Crippen molar-refractivity contribution in [2.45, 2.75) is 19.1 Å². The van der Waals surface area contributed by atoms with Crippen LogP contribution in [0.5, 0.6) is 17.2 Å². The molecular weight excluding hydrogens is 498 g/mol. The minimum Gasteiger partial charge on any atom is -0.497 e. The summed E-state index contributed by atoms with van der Waals surface area (Å²) in [6, 6.07) is 22.2. The lowest BCUT2D eigenvalue weighted by Crippen LogP contribution is -2.58. The molecule has 4 rings (SSSR count). The quantitative estimate of drug-likeness (QED) is 0.417. The number of hydrogen-bond donors (Lipinski definition) is 1. The van der Waals surface area contributed by atoms with Gasteiger partial charge in [-0.05, 0) is 29.8 Å². The fourth-order valence-electron chi connectivity index (χ4n) is 4.97. The highest BCUT2D eigenvalue weighted by atomic mass is 16.5. The van der Waals surface area contributed by atoms with Gasteiger partial charge in [-0.3, -0.25) is 9.69 Å². The van der Waals surface area contributed by atoms with Crippen molar-refractivity contribution in [1.82, 2.24) is 14.7 Å². The standard InChI is InChI=1S/C30H35N3O6/c1-37-25-14-13-23(28(17-25)39-3)19-32(29(34)26-11-7-8-12-27(26)38-2)21-24-20-31(15-16-33(24)30(35)36)18-22-9-5-4-6-10-22/h4-14,17,24H,15-16,18-21H2,1-3H3,(H,35,36)/t24-/m0/s1. The molecule has 9 nitrogen and oxygen atoms in total. The van der Waals surface area contributed by atoms with Crippen LogP contribution in [-0.4, -0.2) is 85.4 Å². The van der Waals surface area contributed by atoms with E-state index in [9.17, 15) is 14.7 Å². The maximum absolute atomic E-state index is 14.0. The molecule has 9 heteroatoms. The van der Waals surface area contributed by atoms with Crippen molar-refractivity contribution < 1.29 is 28.9 Å². The number of amides is 2. The number of rotatable bonds is 10. The van der Waals surface area contributed by atoms with Gasteiger partial charge in [0.25, 0.3) is 5.91 Å². The molecule has 1 N–H and O–H groups in total. The summed E-state index contributed by atoms with van der Waals surface area (Å²) >= 11 is 0. The lowest BCUT2D eigenvalue weighted by molar-refractivity contribution is 0.0394. The summed E-state index contributed by atoms with van der Waals surface area (Å²) in [6.45, 7) is 2.59. The number of benzene rings is 3. The van der Waals surface area contributed by atoms with E-state index in [1.807, 2.05) is 30.3 Å². The average Bonchev–Trinajstić information content (AvgIpc) is 2.97. The Labute approximate surface area is 229 Å². The van der Waals surface area contributed by atoms with Gasteiger partial charge in [0.05, 0.1) is 32.9 Å². The van der Waals surface area contributed by atoms with Crippen molar-refractivity contribution in [1.29, 1.82) is 0 Å². The summed E-state index contributed by atoms with van der Waals surface area (Å²) in [6.07, 6.45) is -0.994. The maximum Gasteiger partial charge on any atom is 0.407 e. The van der Waals surface area contributed by atoms with Crippen molar-refractivity contribution in [2.75, 3.05) is 47.5 Å². The zero-order valence-corrected chi connectivity index (χ0v) is 22.6. The molecule has 206 valence electrons. The molecule has 1 aliphatic rings. The molecule has 0 saturated carbocycles. The van der Waals surface area contributed by atoms with Gasteiger partial charge in [0, 0.05) is 50.9 Å². The van der Waals surface area contributed by atoms with Gasteiger partial charge in [0.1, 0.15) is 17.2 Å². The number of nitrogens with zero attached hydrogens (tertiary/aromatic N) is 3. The Bertz CT molecular complexity index is 1270. The zero-order valence-electron chi connectivity index (χ0n) is 22.6. The predicted octanol–water partition coefficient (Wildman–Crippen LogP) is 4.22. The van der Waals surface area contributed by atoms with Crippen LogP contribution >= 0.6 is 0 Å². The highest BCUT2D eigenvalue weighted by Gasteiger charge is 2.34. The molecule has 0 aliphatic carbocycles.